The fourth-order valence-corrected chi connectivity index (χ4v) is 14.9. The van der Waals surface area contributed by atoms with Crippen molar-refractivity contribution in [2.24, 2.45) is 70.0 Å². The standard InChI is InChI=1S/C28H46O6.C27H44O6/c1-9-15(2)14-20(29)33-23-24(30)28(8,31)17(4)32-25(23)34-27(7)13-12-19-22(26(19,5)6)21-16(3)10-11-18(21)27;1-8-14(2)13-19(28)32-24-23(30)22(29)16(4)31-25(24)33-27(7)12-11-18-21(26(18,5)6)20-15(3)9-10-17(20)27/h14,16-19,21-25,30-31H,9-13H2,1-8H3;13,15-18,20-25,29-30H,8-12H2,1-7H3/b15-14+;14-13+/t16?,17?,18-,19+,21+,22+,23?,24?,25?,27-,28?;15?,16?,17-,18+,20+,21+,22?,23?,24?,25?,27-/m00/s1. The van der Waals surface area contributed by atoms with E-state index < -0.39 is 84.0 Å². The monoisotopic (exact) mass is 943 g/mol. The summed E-state index contributed by atoms with van der Waals surface area (Å²) in [7, 11) is 0. The van der Waals surface area contributed by atoms with Crippen molar-refractivity contribution in [2.75, 3.05) is 0 Å². The number of ether oxygens (including phenoxy) is 6. The van der Waals surface area contributed by atoms with Gasteiger partial charge in [-0.15, -0.1) is 0 Å². The van der Waals surface area contributed by atoms with Crippen LogP contribution in [0.5, 0.6) is 0 Å². The zero-order valence-electron chi connectivity index (χ0n) is 43.8. The van der Waals surface area contributed by atoms with E-state index in [1.165, 1.54) is 31.9 Å². The average Bonchev–Trinajstić information content (AvgIpc) is 3.83. The Morgan fingerprint density at radius 1 is 0.597 bits per heavy atom. The van der Waals surface area contributed by atoms with Gasteiger partial charge in [0.2, 0.25) is 0 Å². The first-order chi connectivity index (χ1) is 31.1. The van der Waals surface area contributed by atoms with Crippen LogP contribution in [0.1, 0.15) is 168 Å². The van der Waals surface area contributed by atoms with E-state index in [-0.39, 0.29) is 0 Å². The van der Waals surface area contributed by atoms with Crippen LogP contribution in [0.25, 0.3) is 0 Å². The molecule has 2 saturated heterocycles. The molecule has 67 heavy (non-hydrogen) atoms. The van der Waals surface area contributed by atoms with Crippen LogP contribution in [0.15, 0.2) is 23.3 Å². The first-order valence-electron chi connectivity index (χ1n) is 26.3. The Kier molecular flexibility index (Phi) is 15.2. The van der Waals surface area contributed by atoms with E-state index >= 15 is 0 Å². The van der Waals surface area contributed by atoms with Gasteiger partial charge in [0.15, 0.2) is 24.8 Å². The molecule has 22 atom stereocenters. The number of hydrogen-bond acceptors (Lipinski definition) is 12. The molecule has 8 rings (SSSR count). The topological polar surface area (TPSA) is 170 Å². The summed E-state index contributed by atoms with van der Waals surface area (Å²) >= 11 is 0. The molecule has 382 valence electrons. The number of fused-ring (bicyclic) bond motifs is 6. The van der Waals surface area contributed by atoms with Crippen molar-refractivity contribution in [3.05, 3.63) is 23.3 Å². The fraction of sp³-hybridized carbons (Fsp3) is 0.891. The maximum absolute atomic E-state index is 12.6. The lowest BCUT2D eigenvalue weighted by Crippen LogP contribution is -2.66. The van der Waals surface area contributed by atoms with Crippen molar-refractivity contribution in [1.29, 1.82) is 0 Å². The van der Waals surface area contributed by atoms with Crippen molar-refractivity contribution in [3.8, 4) is 0 Å². The van der Waals surface area contributed by atoms with Crippen LogP contribution in [0, 0.1) is 70.0 Å². The maximum Gasteiger partial charge on any atom is 0.331 e. The highest BCUT2D eigenvalue weighted by molar-refractivity contribution is 5.83. The molecule has 0 spiro atoms. The number of aliphatic hydroxyl groups is 4. The molecule has 8 fully saturated rings. The summed E-state index contributed by atoms with van der Waals surface area (Å²) < 4.78 is 37.1. The number of hydrogen-bond donors (Lipinski definition) is 4. The molecule has 0 radical (unpaired) electrons. The summed E-state index contributed by atoms with van der Waals surface area (Å²) in [5.41, 5.74) is 0.147. The smallest absolute Gasteiger partial charge is 0.331 e. The zero-order chi connectivity index (χ0) is 49.5. The van der Waals surface area contributed by atoms with Crippen molar-refractivity contribution >= 4 is 11.9 Å². The molecule has 0 aromatic heterocycles. The molecule has 0 amide bonds. The molecule has 4 N–H and O–H groups in total. The lowest BCUT2D eigenvalue weighted by atomic mass is 9.74. The van der Waals surface area contributed by atoms with Gasteiger partial charge < -0.3 is 48.8 Å². The molecule has 0 aromatic carbocycles. The quantitative estimate of drug-likeness (QED) is 0.121. The van der Waals surface area contributed by atoms with Gasteiger partial charge in [0.25, 0.3) is 0 Å². The summed E-state index contributed by atoms with van der Waals surface area (Å²) in [5.74, 6) is 5.18. The van der Waals surface area contributed by atoms with Crippen LogP contribution in [0.2, 0.25) is 0 Å². The minimum absolute atomic E-state index is 0.398. The molecule has 0 bridgehead atoms. The van der Waals surface area contributed by atoms with Crippen LogP contribution in [0.4, 0.5) is 0 Å². The lowest BCUT2D eigenvalue weighted by Gasteiger charge is -2.50. The molecular formula is C55H90O12. The Bertz CT molecular complexity index is 1860. The van der Waals surface area contributed by atoms with Crippen LogP contribution < -0.4 is 0 Å². The number of carbonyl (C=O) groups is 2. The highest BCUT2D eigenvalue weighted by Crippen LogP contribution is 2.73. The predicted molar refractivity (Wildman–Crippen MR) is 255 cm³/mol. The van der Waals surface area contributed by atoms with Gasteiger partial charge >= 0.3 is 11.9 Å². The molecule has 6 aliphatic carbocycles. The summed E-state index contributed by atoms with van der Waals surface area (Å²) in [6.45, 7) is 31.4. The fourth-order valence-electron chi connectivity index (χ4n) is 14.9. The molecule has 2 aliphatic heterocycles. The van der Waals surface area contributed by atoms with Crippen molar-refractivity contribution < 1.29 is 58.4 Å². The predicted octanol–water partition coefficient (Wildman–Crippen LogP) is 8.84. The van der Waals surface area contributed by atoms with E-state index in [9.17, 15) is 30.0 Å². The minimum atomic E-state index is -1.56. The SMILES string of the molecule is CC/C(C)=C/C(=O)OC1C(O[C@@]2(C)CC[C@@H]3[C@H]([C@@H]4C(C)CC[C@@H]42)C3(C)C)OC(C)C(C)(O)C1O.CC/C(C)=C/C(=O)OC1C(O[C@@]2(C)CC[C@@H]3[C@H]([C@@H]4C(C)CC[C@@H]42)C3(C)C)OC(C)C(O)C1O. The second kappa shape index (κ2) is 19.3. The Morgan fingerprint density at radius 2 is 1.01 bits per heavy atom. The molecular weight excluding hydrogens is 853 g/mol. The summed E-state index contributed by atoms with van der Waals surface area (Å²) in [4.78, 5) is 25.2. The average molecular weight is 943 g/mol. The number of allylic oxidation sites excluding steroid dienone is 2. The van der Waals surface area contributed by atoms with Crippen LogP contribution >= 0.6 is 0 Å². The van der Waals surface area contributed by atoms with E-state index in [0.29, 0.717) is 46.3 Å². The number of rotatable bonds is 10. The van der Waals surface area contributed by atoms with Gasteiger partial charge in [0.05, 0.1) is 23.4 Å². The Morgan fingerprint density at radius 3 is 1.45 bits per heavy atom. The number of aliphatic hydroxyl groups excluding tert-OH is 3. The highest BCUT2D eigenvalue weighted by Gasteiger charge is 2.69. The highest BCUT2D eigenvalue weighted by atomic mass is 16.7. The van der Waals surface area contributed by atoms with Crippen molar-refractivity contribution in [3.63, 3.8) is 0 Å². The lowest BCUT2D eigenvalue weighted by molar-refractivity contribution is -0.347. The Labute approximate surface area is 402 Å². The first-order valence-corrected chi connectivity index (χ1v) is 26.3. The summed E-state index contributed by atoms with van der Waals surface area (Å²) in [5, 5.41) is 43.3. The first kappa shape index (κ1) is 52.9. The molecule has 12 heteroatoms. The molecule has 2 heterocycles. The minimum Gasteiger partial charge on any atom is -0.451 e. The zero-order valence-corrected chi connectivity index (χ0v) is 43.8. The Hall–Kier alpha value is -1.90. The second-order valence-electron chi connectivity index (χ2n) is 24.8. The molecule has 6 saturated carbocycles. The van der Waals surface area contributed by atoms with Gasteiger partial charge in [-0.3, -0.25) is 0 Å². The van der Waals surface area contributed by atoms with E-state index in [2.05, 4.69) is 55.4 Å². The van der Waals surface area contributed by atoms with Gasteiger partial charge in [-0.2, -0.15) is 0 Å². The third kappa shape index (κ3) is 9.89. The van der Waals surface area contributed by atoms with E-state index in [4.69, 9.17) is 28.4 Å². The third-order valence-corrected chi connectivity index (χ3v) is 19.9. The van der Waals surface area contributed by atoms with E-state index in [0.717, 1.165) is 86.2 Å². The van der Waals surface area contributed by atoms with Crippen molar-refractivity contribution in [2.45, 2.75) is 240 Å². The summed E-state index contributed by atoms with van der Waals surface area (Å²) in [6, 6.07) is 0. The van der Waals surface area contributed by atoms with Gasteiger partial charge in [-0.25, -0.2) is 9.59 Å². The molecule has 12 unspecified atom stereocenters. The van der Waals surface area contributed by atoms with Crippen LogP contribution in [-0.4, -0.2) is 104 Å². The van der Waals surface area contributed by atoms with Crippen LogP contribution in [0.3, 0.4) is 0 Å². The van der Waals surface area contributed by atoms with Crippen molar-refractivity contribution in [1.82, 2.24) is 0 Å². The molecule has 0 aromatic rings. The molecule has 8 aliphatic rings. The summed E-state index contributed by atoms with van der Waals surface area (Å²) in [6.07, 6.45) is 4.00. The normalized spacial score (nSPS) is 49.6. The number of esters is 2. The largest absolute Gasteiger partial charge is 0.451 e. The van der Waals surface area contributed by atoms with Gasteiger partial charge in [0, 0.05) is 12.2 Å². The van der Waals surface area contributed by atoms with Crippen LogP contribution in [-0.2, 0) is 38.0 Å². The van der Waals surface area contributed by atoms with E-state index in [1.54, 1.807) is 13.8 Å². The van der Waals surface area contributed by atoms with E-state index in [1.807, 2.05) is 27.7 Å². The van der Waals surface area contributed by atoms with Gasteiger partial charge in [0.1, 0.15) is 23.9 Å². The Balaban J connectivity index is 0.000000199. The molecule has 12 nitrogen and oxygen atoms in total. The number of carbonyl (C=O) groups excluding carboxylic acids is 2. The third-order valence-electron chi connectivity index (χ3n) is 19.9. The van der Waals surface area contributed by atoms with Gasteiger partial charge in [-0.1, -0.05) is 79.4 Å². The second-order valence-corrected chi connectivity index (χ2v) is 24.8. The maximum atomic E-state index is 12.6. The van der Waals surface area contributed by atoms with Gasteiger partial charge in [-0.05, 0) is 170 Å².